The van der Waals surface area contributed by atoms with Crippen LogP contribution in [-0.4, -0.2) is 30.7 Å². The molecule has 17 heavy (non-hydrogen) atoms. The van der Waals surface area contributed by atoms with E-state index in [9.17, 15) is 8.42 Å². The third-order valence-electron chi connectivity index (χ3n) is 2.78. The molecule has 1 aromatic rings. The number of nitrogens with one attached hydrogen (secondary N) is 1. The van der Waals surface area contributed by atoms with Crippen LogP contribution in [0.3, 0.4) is 0 Å². The molecule has 0 radical (unpaired) electrons. The molecule has 0 unspecified atom stereocenters. The molecule has 0 amide bonds. The molecule has 0 aromatic carbocycles. The van der Waals surface area contributed by atoms with Crippen molar-refractivity contribution >= 4 is 28.3 Å². The summed E-state index contributed by atoms with van der Waals surface area (Å²) in [4.78, 5) is 8.36. The van der Waals surface area contributed by atoms with Crippen molar-refractivity contribution in [2.45, 2.75) is 41.8 Å². The van der Waals surface area contributed by atoms with Gasteiger partial charge in [0.2, 0.25) is 15.0 Å². The average Bonchev–Trinajstić information content (AvgIpc) is 2.72. The Bertz CT molecular complexity index is 510. The summed E-state index contributed by atoms with van der Waals surface area (Å²) in [5, 5.41) is 3.07. The van der Waals surface area contributed by atoms with Gasteiger partial charge in [-0.3, -0.25) is 0 Å². The van der Waals surface area contributed by atoms with E-state index in [1.54, 1.807) is 0 Å². The summed E-state index contributed by atoms with van der Waals surface area (Å²) >= 11 is 4.23. The lowest BCUT2D eigenvalue weighted by Crippen LogP contribution is -2.17. The number of rotatable bonds is 3. The Morgan fingerprint density at radius 2 is 2.06 bits per heavy atom. The van der Waals surface area contributed by atoms with Gasteiger partial charge in [0.1, 0.15) is 5.82 Å². The topological polar surface area (TPSA) is 72.0 Å². The SMILES string of the molecule is CS(=O)(=O)c1ncc(S)c(NC2CCCC2)n1. The van der Waals surface area contributed by atoms with E-state index in [-0.39, 0.29) is 5.16 Å². The number of hydrogen-bond acceptors (Lipinski definition) is 6. The van der Waals surface area contributed by atoms with E-state index in [2.05, 4.69) is 27.9 Å². The Hall–Kier alpha value is -0.820. The summed E-state index contributed by atoms with van der Waals surface area (Å²) in [6, 6.07) is 0.364. The minimum atomic E-state index is -3.37. The Kier molecular flexibility index (Phi) is 3.58. The minimum Gasteiger partial charge on any atom is -0.366 e. The van der Waals surface area contributed by atoms with Crippen LogP contribution in [0.15, 0.2) is 16.2 Å². The summed E-state index contributed by atoms with van der Waals surface area (Å²) in [6.45, 7) is 0. The zero-order valence-electron chi connectivity index (χ0n) is 9.55. The van der Waals surface area contributed by atoms with Crippen molar-refractivity contribution in [3.05, 3.63) is 6.20 Å². The van der Waals surface area contributed by atoms with Gasteiger partial charge < -0.3 is 5.32 Å². The van der Waals surface area contributed by atoms with Crippen LogP contribution < -0.4 is 5.32 Å². The predicted molar refractivity (Wildman–Crippen MR) is 68.3 cm³/mol. The van der Waals surface area contributed by atoms with E-state index >= 15 is 0 Å². The van der Waals surface area contributed by atoms with Crippen LogP contribution >= 0.6 is 12.6 Å². The molecule has 1 N–H and O–H groups in total. The van der Waals surface area contributed by atoms with E-state index in [1.165, 1.54) is 19.0 Å². The van der Waals surface area contributed by atoms with Crippen molar-refractivity contribution in [3.63, 3.8) is 0 Å². The van der Waals surface area contributed by atoms with Gasteiger partial charge in [0, 0.05) is 18.5 Å². The number of thiol groups is 1. The molecule has 1 saturated carbocycles. The number of sulfone groups is 1. The van der Waals surface area contributed by atoms with Crippen molar-refractivity contribution in [3.8, 4) is 0 Å². The number of anilines is 1. The number of aromatic nitrogens is 2. The quantitative estimate of drug-likeness (QED) is 0.645. The lowest BCUT2D eigenvalue weighted by atomic mass is 10.2. The van der Waals surface area contributed by atoms with Gasteiger partial charge in [0.15, 0.2) is 0 Å². The van der Waals surface area contributed by atoms with Crippen molar-refractivity contribution < 1.29 is 8.42 Å². The second kappa shape index (κ2) is 4.81. The van der Waals surface area contributed by atoms with Crippen molar-refractivity contribution in [1.82, 2.24) is 9.97 Å². The molecule has 2 rings (SSSR count). The van der Waals surface area contributed by atoms with Gasteiger partial charge in [-0.15, -0.1) is 12.6 Å². The molecule has 5 nitrogen and oxygen atoms in total. The first-order chi connectivity index (χ1) is 7.97. The maximum absolute atomic E-state index is 11.4. The summed E-state index contributed by atoms with van der Waals surface area (Å²) in [5.74, 6) is 0.510. The Morgan fingerprint density at radius 3 is 2.65 bits per heavy atom. The molecule has 1 fully saturated rings. The second-order valence-corrected chi connectivity index (χ2v) is 6.68. The zero-order valence-corrected chi connectivity index (χ0v) is 11.3. The van der Waals surface area contributed by atoms with Crippen molar-refractivity contribution in [1.29, 1.82) is 0 Å². The monoisotopic (exact) mass is 273 g/mol. The fourth-order valence-electron chi connectivity index (χ4n) is 1.91. The van der Waals surface area contributed by atoms with Crippen LogP contribution in [0.5, 0.6) is 0 Å². The van der Waals surface area contributed by atoms with Gasteiger partial charge in [-0.25, -0.2) is 13.4 Å². The average molecular weight is 273 g/mol. The molecule has 1 heterocycles. The summed E-state index contributed by atoms with van der Waals surface area (Å²) in [5.41, 5.74) is 0. The van der Waals surface area contributed by atoms with Crippen molar-refractivity contribution in [2.75, 3.05) is 11.6 Å². The molecule has 94 valence electrons. The highest BCUT2D eigenvalue weighted by Gasteiger charge is 2.18. The first kappa shape index (κ1) is 12.6. The number of hydrogen-bond donors (Lipinski definition) is 2. The zero-order chi connectivity index (χ0) is 12.5. The van der Waals surface area contributed by atoms with Gasteiger partial charge in [0.05, 0.1) is 4.90 Å². The summed E-state index contributed by atoms with van der Waals surface area (Å²) in [7, 11) is -3.37. The molecular formula is C10H15N3O2S2. The van der Waals surface area contributed by atoms with Crippen LogP contribution in [0.1, 0.15) is 25.7 Å². The molecule has 1 aromatic heterocycles. The third-order valence-corrected chi connectivity index (χ3v) is 3.96. The highest BCUT2D eigenvalue weighted by atomic mass is 32.2. The molecule has 0 saturated heterocycles. The Labute approximate surface area is 106 Å². The molecule has 7 heteroatoms. The summed E-state index contributed by atoms with van der Waals surface area (Å²) in [6.07, 6.45) is 7.09. The first-order valence-electron chi connectivity index (χ1n) is 5.49. The van der Waals surface area contributed by atoms with Gasteiger partial charge >= 0.3 is 0 Å². The fraction of sp³-hybridized carbons (Fsp3) is 0.600. The second-order valence-electron chi connectivity index (χ2n) is 4.28. The maximum atomic E-state index is 11.4. The van der Waals surface area contributed by atoms with Gasteiger partial charge in [-0.05, 0) is 12.8 Å². The molecule has 1 aliphatic carbocycles. The normalized spacial score (nSPS) is 17.3. The third kappa shape index (κ3) is 3.10. The first-order valence-corrected chi connectivity index (χ1v) is 7.83. The largest absolute Gasteiger partial charge is 0.366 e. The molecular weight excluding hydrogens is 258 g/mol. The maximum Gasteiger partial charge on any atom is 0.248 e. The molecule has 0 spiro atoms. The Morgan fingerprint density at radius 1 is 1.41 bits per heavy atom. The smallest absolute Gasteiger partial charge is 0.248 e. The van der Waals surface area contributed by atoms with Crippen LogP contribution in [0.25, 0.3) is 0 Å². The fourth-order valence-corrected chi connectivity index (χ4v) is 2.58. The van der Waals surface area contributed by atoms with E-state index in [0.29, 0.717) is 16.8 Å². The Balaban J connectivity index is 2.26. The van der Waals surface area contributed by atoms with Gasteiger partial charge in [-0.2, -0.15) is 4.98 Å². The van der Waals surface area contributed by atoms with Crippen LogP contribution in [0.4, 0.5) is 5.82 Å². The standard InChI is InChI=1S/C10H15N3O2S2/c1-17(14,15)10-11-6-8(16)9(13-10)12-7-4-2-3-5-7/h6-7,16H,2-5H2,1H3,(H,11,12,13). The van der Waals surface area contributed by atoms with E-state index in [4.69, 9.17) is 0 Å². The van der Waals surface area contributed by atoms with E-state index in [1.807, 2.05) is 0 Å². The van der Waals surface area contributed by atoms with Gasteiger partial charge in [0.25, 0.3) is 0 Å². The lowest BCUT2D eigenvalue weighted by molar-refractivity contribution is 0.592. The molecule has 1 aliphatic rings. The highest BCUT2D eigenvalue weighted by Crippen LogP contribution is 2.24. The van der Waals surface area contributed by atoms with Crippen LogP contribution in [0.2, 0.25) is 0 Å². The van der Waals surface area contributed by atoms with E-state index < -0.39 is 9.84 Å². The van der Waals surface area contributed by atoms with E-state index in [0.717, 1.165) is 19.1 Å². The molecule has 0 atom stereocenters. The van der Waals surface area contributed by atoms with Crippen LogP contribution in [0, 0.1) is 0 Å². The van der Waals surface area contributed by atoms with Crippen molar-refractivity contribution in [2.24, 2.45) is 0 Å². The number of nitrogens with zero attached hydrogens (tertiary/aromatic N) is 2. The molecule has 0 aliphatic heterocycles. The summed E-state index contributed by atoms with van der Waals surface area (Å²) < 4.78 is 22.7. The molecule has 0 bridgehead atoms. The lowest BCUT2D eigenvalue weighted by Gasteiger charge is -2.14. The highest BCUT2D eigenvalue weighted by molar-refractivity contribution is 7.90. The minimum absolute atomic E-state index is 0.157. The van der Waals surface area contributed by atoms with Gasteiger partial charge in [-0.1, -0.05) is 12.8 Å². The van der Waals surface area contributed by atoms with Crippen LogP contribution in [-0.2, 0) is 9.84 Å². The predicted octanol–water partition coefficient (Wildman–Crippen LogP) is 1.52.